The van der Waals surface area contributed by atoms with Crippen molar-refractivity contribution in [1.82, 2.24) is 19.7 Å². The number of benzene rings is 1. The zero-order valence-electron chi connectivity index (χ0n) is 20.5. The minimum atomic E-state index is -4.90. The van der Waals surface area contributed by atoms with Gasteiger partial charge >= 0.3 is 12.5 Å². The van der Waals surface area contributed by atoms with Crippen LogP contribution in [0.25, 0.3) is 22.0 Å². The number of H-pyrrole nitrogens is 1. The van der Waals surface area contributed by atoms with Gasteiger partial charge in [-0.2, -0.15) is 18.3 Å². The monoisotopic (exact) mass is 571 g/mol. The molecule has 4 aromatic rings. The van der Waals surface area contributed by atoms with Crippen LogP contribution in [0, 0.1) is 5.82 Å². The van der Waals surface area contributed by atoms with Crippen LogP contribution in [0.15, 0.2) is 58.5 Å². The van der Waals surface area contributed by atoms with E-state index in [1.807, 2.05) is 0 Å². The first kappa shape index (κ1) is 28.6. The number of halogens is 7. The molecular weight excluding hydrogens is 551 g/mol. The summed E-state index contributed by atoms with van der Waals surface area (Å²) in [5.41, 5.74) is -3.73. The van der Waals surface area contributed by atoms with E-state index in [-0.39, 0.29) is 23.2 Å². The van der Waals surface area contributed by atoms with Gasteiger partial charge in [0.1, 0.15) is 17.1 Å². The van der Waals surface area contributed by atoms with Gasteiger partial charge in [-0.25, -0.2) is 9.49 Å². The number of aromatic nitrogens is 4. The highest BCUT2D eigenvalue weighted by molar-refractivity contribution is 5.86. The third kappa shape index (κ3) is 6.58. The zero-order chi connectivity index (χ0) is 29.2. The van der Waals surface area contributed by atoms with Crippen LogP contribution in [-0.2, 0) is 12.7 Å². The molecule has 15 heteroatoms. The maximum absolute atomic E-state index is 14.9. The SMILES string of the molecule is CC(CCCn1ccc2cc(-c3ccc(OC(F)(F)F)cn3)c(F)cc2c1=O)Nc1cn[nH]c(=O)c1C(F)(F)F. The average molecular weight is 571 g/mol. The number of aryl methyl sites for hydroxylation is 1. The first-order valence-corrected chi connectivity index (χ1v) is 11.7. The van der Waals surface area contributed by atoms with E-state index in [0.29, 0.717) is 18.2 Å². The molecule has 8 nitrogen and oxygen atoms in total. The van der Waals surface area contributed by atoms with E-state index in [1.54, 1.807) is 18.1 Å². The van der Waals surface area contributed by atoms with Crippen molar-refractivity contribution in [2.75, 3.05) is 5.32 Å². The Balaban J connectivity index is 1.46. The third-order valence-corrected chi connectivity index (χ3v) is 5.89. The number of hydrogen-bond acceptors (Lipinski definition) is 6. The van der Waals surface area contributed by atoms with E-state index in [2.05, 4.69) is 20.1 Å². The lowest BCUT2D eigenvalue weighted by atomic mass is 10.0. The second-order valence-electron chi connectivity index (χ2n) is 8.83. The first-order valence-electron chi connectivity index (χ1n) is 11.7. The van der Waals surface area contributed by atoms with Crippen LogP contribution in [0.2, 0.25) is 0 Å². The molecular formula is C25H20F7N5O3. The van der Waals surface area contributed by atoms with Gasteiger partial charge in [-0.15, -0.1) is 13.2 Å². The van der Waals surface area contributed by atoms with Crippen LogP contribution in [0.5, 0.6) is 5.75 Å². The molecule has 2 N–H and O–H groups in total. The smallest absolute Gasteiger partial charge is 0.404 e. The molecule has 0 aliphatic rings. The van der Waals surface area contributed by atoms with E-state index in [0.717, 1.165) is 30.6 Å². The molecule has 0 amide bonds. The Kier molecular flexibility index (Phi) is 7.84. The average Bonchev–Trinajstić information content (AvgIpc) is 2.84. The fourth-order valence-corrected chi connectivity index (χ4v) is 4.11. The van der Waals surface area contributed by atoms with Gasteiger partial charge in [0.2, 0.25) is 0 Å². The lowest BCUT2D eigenvalue weighted by Gasteiger charge is -2.18. The summed E-state index contributed by atoms with van der Waals surface area (Å²) in [5, 5.41) is 8.20. The molecule has 0 bridgehead atoms. The molecule has 0 radical (unpaired) electrons. The fraction of sp³-hybridized carbons (Fsp3) is 0.280. The number of alkyl halides is 6. The Labute approximate surface area is 220 Å². The minimum absolute atomic E-state index is 0.0314. The van der Waals surface area contributed by atoms with Gasteiger partial charge in [0, 0.05) is 24.3 Å². The van der Waals surface area contributed by atoms with Gasteiger partial charge in [0.25, 0.3) is 11.1 Å². The van der Waals surface area contributed by atoms with Crippen LogP contribution >= 0.6 is 0 Å². The van der Waals surface area contributed by atoms with Crippen molar-refractivity contribution in [2.45, 2.75) is 44.9 Å². The largest absolute Gasteiger partial charge is 0.573 e. The Bertz CT molecular complexity index is 1630. The predicted octanol–water partition coefficient (Wildman–Crippen LogP) is 5.48. The minimum Gasteiger partial charge on any atom is -0.404 e. The van der Waals surface area contributed by atoms with Crippen LogP contribution in [0.3, 0.4) is 0 Å². The van der Waals surface area contributed by atoms with E-state index >= 15 is 0 Å². The van der Waals surface area contributed by atoms with E-state index in [9.17, 15) is 40.3 Å². The van der Waals surface area contributed by atoms with Crippen LogP contribution < -0.4 is 21.2 Å². The summed E-state index contributed by atoms with van der Waals surface area (Å²) in [7, 11) is 0. The maximum Gasteiger partial charge on any atom is 0.573 e. The third-order valence-electron chi connectivity index (χ3n) is 5.89. The number of pyridine rings is 2. The van der Waals surface area contributed by atoms with E-state index in [1.165, 1.54) is 16.8 Å². The Morgan fingerprint density at radius 2 is 1.82 bits per heavy atom. The van der Waals surface area contributed by atoms with Gasteiger partial charge < -0.3 is 14.6 Å². The van der Waals surface area contributed by atoms with Crippen LogP contribution in [-0.4, -0.2) is 32.2 Å². The summed E-state index contributed by atoms with van der Waals surface area (Å²) in [4.78, 5) is 28.4. The van der Waals surface area contributed by atoms with Crippen molar-refractivity contribution in [1.29, 1.82) is 0 Å². The molecule has 0 saturated carbocycles. The molecule has 0 saturated heterocycles. The summed E-state index contributed by atoms with van der Waals surface area (Å²) in [6.07, 6.45) is -5.96. The zero-order valence-corrected chi connectivity index (χ0v) is 20.5. The fourth-order valence-electron chi connectivity index (χ4n) is 4.11. The lowest BCUT2D eigenvalue weighted by molar-refractivity contribution is -0.274. The molecule has 1 atom stereocenters. The molecule has 212 valence electrons. The molecule has 0 fully saturated rings. The number of fused-ring (bicyclic) bond motifs is 1. The van der Waals surface area contributed by atoms with Gasteiger partial charge in [-0.1, -0.05) is 0 Å². The summed E-state index contributed by atoms with van der Waals surface area (Å²) < 4.78 is 96.7. The van der Waals surface area contributed by atoms with Crippen molar-refractivity contribution in [3.05, 3.63) is 81.0 Å². The number of nitrogens with one attached hydrogen (secondary N) is 2. The van der Waals surface area contributed by atoms with Gasteiger partial charge in [0.15, 0.2) is 0 Å². The highest BCUT2D eigenvalue weighted by Crippen LogP contribution is 2.32. The quantitative estimate of drug-likeness (QED) is 0.272. The number of hydrogen-bond donors (Lipinski definition) is 2. The Hall–Kier alpha value is -4.43. The molecule has 4 rings (SSSR count). The first-order chi connectivity index (χ1) is 18.7. The summed E-state index contributed by atoms with van der Waals surface area (Å²) in [6.45, 7) is 1.78. The van der Waals surface area contributed by atoms with Crippen LogP contribution in [0.4, 0.5) is 36.4 Å². The van der Waals surface area contributed by atoms with E-state index in [4.69, 9.17) is 0 Å². The summed E-state index contributed by atoms with van der Waals surface area (Å²) in [6, 6.07) is 5.54. The van der Waals surface area contributed by atoms with Crippen molar-refractivity contribution in [3.63, 3.8) is 0 Å². The number of rotatable bonds is 8. The molecule has 3 aromatic heterocycles. The summed E-state index contributed by atoms with van der Waals surface area (Å²) in [5.74, 6) is -1.39. The predicted molar refractivity (Wildman–Crippen MR) is 130 cm³/mol. The molecule has 0 spiro atoms. The van der Waals surface area contributed by atoms with Crippen molar-refractivity contribution in [2.24, 2.45) is 0 Å². The molecule has 1 unspecified atom stereocenters. The standard InChI is InChI=1S/C25H20F7N5O3/c1-13(35-20-12-34-36-22(38)21(20)24(27,28)29)3-2-7-37-8-6-14-9-17(18(26)10-16(14)23(37)39)19-5-4-15(11-33-19)40-25(30,31)32/h4-6,8-13H,2-3,7H2,1H3,(H2,35,36,38). The summed E-state index contributed by atoms with van der Waals surface area (Å²) >= 11 is 0. The normalized spacial score (nSPS) is 12.9. The maximum atomic E-state index is 14.9. The van der Waals surface area contributed by atoms with Gasteiger partial charge in [-0.3, -0.25) is 14.6 Å². The topological polar surface area (TPSA) is 102 Å². The van der Waals surface area contributed by atoms with Gasteiger partial charge in [0.05, 0.1) is 29.2 Å². The van der Waals surface area contributed by atoms with Crippen molar-refractivity contribution >= 4 is 16.5 Å². The second kappa shape index (κ2) is 11.0. The number of aromatic amines is 1. The van der Waals surface area contributed by atoms with E-state index < -0.39 is 52.5 Å². The lowest BCUT2D eigenvalue weighted by Crippen LogP contribution is -2.27. The molecule has 1 aromatic carbocycles. The highest BCUT2D eigenvalue weighted by Gasteiger charge is 2.37. The van der Waals surface area contributed by atoms with Crippen LogP contribution in [0.1, 0.15) is 25.3 Å². The molecule has 3 heterocycles. The number of ether oxygens (including phenoxy) is 1. The van der Waals surface area contributed by atoms with Crippen molar-refractivity contribution in [3.8, 4) is 17.0 Å². The molecule has 0 aliphatic heterocycles. The number of nitrogens with zero attached hydrogens (tertiary/aromatic N) is 3. The molecule has 0 aliphatic carbocycles. The second-order valence-corrected chi connectivity index (χ2v) is 8.83. The Morgan fingerprint density at radius 3 is 2.48 bits per heavy atom. The Morgan fingerprint density at radius 1 is 1.07 bits per heavy atom. The van der Waals surface area contributed by atoms with Gasteiger partial charge in [-0.05, 0) is 55.5 Å². The number of anilines is 1. The van der Waals surface area contributed by atoms with Crippen molar-refractivity contribution < 1.29 is 35.5 Å². The highest BCUT2D eigenvalue weighted by atomic mass is 19.4. The molecule has 40 heavy (non-hydrogen) atoms.